The van der Waals surface area contributed by atoms with Crippen LogP contribution in [0.25, 0.3) is 0 Å². The van der Waals surface area contributed by atoms with E-state index in [0.29, 0.717) is 17.2 Å². The molecule has 0 heterocycles. The molecule has 0 aliphatic heterocycles. The van der Waals surface area contributed by atoms with E-state index in [1.54, 1.807) is 24.3 Å². The molecule has 2 aromatic carbocycles. The molecule has 120 valence electrons. The van der Waals surface area contributed by atoms with Crippen molar-refractivity contribution < 1.29 is 9.18 Å². The van der Waals surface area contributed by atoms with Gasteiger partial charge in [0, 0.05) is 11.3 Å². The summed E-state index contributed by atoms with van der Waals surface area (Å²) in [6.45, 7) is 4.19. The molecular formula is C17H18FN3OS. The molecule has 0 atom stereocenters. The lowest BCUT2D eigenvalue weighted by Crippen LogP contribution is -2.43. The van der Waals surface area contributed by atoms with Crippen LogP contribution < -0.4 is 16.2 Å². The Balaban J connectivity index is 1.85. The minimum absolute atomic E-state index is 0.212. The number of rotatable bonds is 3. The topological polar surface area (TPSA) is 53.2 Å². The number of benzene rings is 2. The van der Waals surface area contributed by atoms with Gasteiger partial charge in [-0.25, -0.2) is 4.39 Å². The van der Waals surface area contributed by atoms with Gasteiger partial charge in [0.2, 0.25) is 0 Å². The van der Waals surface area contributed by atoms with Gasteiger partial charge in [0.15, 0.2) is 5.11 Å². The van der Waals surface area contributed by atoms with Gasteiger partial charge in [0.05, 0.1) is 0 Å². The van der Waals surface area contributed by atoms with Crippen LogP contribution in [0.15, 0.2) is 48.5 Å². The van der Waals surface area contributed by atoms with Crippen molar-refractivity contribution in [3.63, 3.8) is 0 Å². The minimum atomic E-state index is -0.326. The highest BCUT2D eigenvalue weighted by Crippen LogP contribution is 2.14. The Morgan fingerprint density at radius 2 is 1.61 bits per heavy atom. The zero-order chi connectivity index (χ0) is 16.8. The van der Waals surface area contributed by atoms with E-state index in [-0.39, 0.29) is 16.8 Å². The van der Waals surface area contributed by atoms with Crippen LogP contribution in [-0.2, 0) is 0 Å². The first-order valence-electron chi connectivity index (χ1n) is 7.18. The fraction of sp³-hybridized carbons (Fsp3) is 0.176. The molecule has 6 heteroatoms. The third-order valence-corrected chi connectivity index (χ3v) is 3.44. The molecule has 0 unspecified atom stereocenters. The smallest absolute Gasteiger partial charge is 0.269 e. The summed E-state index contributed by atoms with van der Waals surface area (Å²) in [6, 6.07) is 13.1. The number of hydrogen-bond acceptors (Lipinski definition) is 2. The van der Waals surface area contributed by atoms with E-state index in [4.69, 9.17) is 12.2 Å². The number of anilines is 1. The molecule has 0 saturated heterocycles. The largest absolute Gasteiger partial charge is 0.331 e. The van der Waals surface area contributed by atoms with Crippen LogP contribution in [0, 0.1) is 5.82 Å². The average molecular weight is 331 g/mol. The van der Waals surface area contributed by atoms with Crippen LogP contribution in [0.3, 0.4) is 0 Å². The number of carbonyl (C=O) groups is 1. The van der Waals surface area contributed by atoms with Crippen LogP contribution in [-0.4, -0.2) is 11.0 Å². The van der Waals surface area contributed by atoms with Crippen molar-refractivity contribution in [2.45, 2.75) is 19.8 Å². The normalized spacial score (nSPS) is 10.3. The molecule has 3 N–H and O–H groups in total. The summed E-state index contributed by atoms with van der Waals surface area (Å²) < 4.78 is 12.8. The average Bonchev–Trinajstić information content (AvgIpc) is 2.55. The molecule has 2 aromatic rings. The molecule has 0 fully saturated rings. The van der Waals surface area contributed by atoms with Gasteiger partial charge in [-0.2, -0.15) is 0 Å². The Kier molecular flexibility index (Phi) is 5.65. The molecule has 0 saturated carbocycles. The zero-order valence-electron chi connectivity index (χ0n) is 12.9. The van der Waals surface area contributed by atoms with E-state index < -0.39 is 0 Å². The highest BCUT2D eigenvalue weighted by Gasteiger charge is 2.07. The lowest BCUT2D eigenvalue weighted by molar-refractivity contribution is 0.0944. The Labute approximate surface area is 140 Å². The van der Waals surface area contributed by atoms with E-state index in [0.717, 1.165) is 0 Å². The monoisotopic (exact) mass is 331 g/mol. The van der Waals surface area contributed by atoms with Crippen LogP contribution >= 0.6 is 12.2 Å². The molecule has 0 aliphatic rings. The van der Waals surface area contributed by atoms with Gasteiger partial charge in [0.25, 0.3) is 5.91 Å². The lowest BCUT2D eigenvalue weighted by Gasteiger charge is -2.12. The van der Waals surface area contributed by atoms with Crippen molar-refractivity contribution in [2.75, 3.05) is 5.32 Å². The number of hydrazine groups is 1. The van der Waals surface area contributed by atoms with Crippen LogP contribution in [0.5, 0.6) is 0 Å². The van der Waals surface area contributed by atoms with Gasteiger partial charge in [0.1, 0.15) is 5.82 Å². The summed E-state index contributed by atoms with van der Waals surface area (Å²) in [7, 11) is 0. The highest BCUT2D eigenvalue weighted by atomic mass is 32.1. The maximum atomic E-state index is 12.8. The van der Waals surface area contributed by atoms with Crippen LogP contribution in [0.1, 0.15) is 35.7 Å². The SMILES string of the molecule is CC(C)c1ccc(C(=O)NNC(=S)Nc2ccc(F)cc2)cc1. The molecule has 1 amide bonds. The van der Waals surface area contributed by atoms with E-state index in [9.17, 15) is 9.18 Å². The molecule has 2 rings (SSSR count). The predicted molar refractivity (Wildman–Crippen MR) is 93.8 cm³/mol. The molecule has 0 aliphatic carbocycles. The number of carbonyl (C=O) groups excluding carboxylic acids is 1. The minimum Gasteiger partial charge on any atom is -0.331 e. The Morgan fingerprint density at radius 1 is 1.00 bits per heavy atom. The first kappa shape index (κ1) is 16.9. The lowest BCUT2D eigenvalue weighted by atomic mass is 10.0. The van der Waals surface area contributed by atoms with Crippen molar-refractivity contribution in [1.82, 2.24) is 10.9 Å². The summed E-state index contributed by atoms with van der Waals surface area (Å²) >= 11 is 5.06. The second kappa shape index (κ2) is 7.69. The van der Waals surface area contributed by atoms with Crippen molar-refractivity contribution in [2.24, 2.45) is 0 Å². The third-order valence-electron chi connectivity index (χ3n) is 3.23. The first-order valence-corrected chi connectivity index (χ1v) is 7.59. The Bertz CT molecular complexity index is 684. The summed E-state index contributed by atoms with van der Waals surface area (Å²) in [5.41, 5.74) is 7.45. The second-order valence-corrected chi connectivity index (χ2v) is 5.73. The summed E-state index contributed by atoms with van der Waals surface area (Å²) in [4.78, 5) is 12.0. The predicted octanol–water partition coefficient (Wildman–Crippen LogP) is 3.58. The van der Waals surface area contributed by atoms with E-state index in [2.05, 4.69) is 30.0 Å². The van der Waals surface area contributed by atoms with Gasteiger partial charge < -0.3 is 5.32 Å². The van der Waals surface area contributed by atoms with E-state index in [1.165, 1.54) is 17.7 Å². The van der Waals surface area contributed by atoms with Crippen molar-refractivity contribution in [3.05, 3.63) is 65.5 Å². The maximum Gasteiger partial charge on any atom is 0.269 e. The molecular weight excluding hydrogens is 313 g/mol. The fourth-order valence-corrected chi connectivity index (χ4v) is 2.07. The summed E-state index contributed by atoms with van der Waals surface area (Å²) in [6.07, 6.45) is 0. The zero-order valence-corrected chi connectivity index (χ0v) is 13.7. The Morgan fingerprint density at radius 3 is 2.17 bits per heavy atom. The van der Waals surface area contributed by atoms with Crippen LogP contribution in [0.2, 0.25) is 0 Å². The van der Waals surface area contributed by atoms with Gasteiger partial charge in [-0.15, -0.1) is 0 Å². The quantitative estimate of drug-likeness (QED) is 0.594. The second-order valence-electron chi connectivity index (χ2n) is 5.32. The van der Waals surface area contributed by atoms with Gasteiger partial charge in [-0.1, -0.05) is 26.0 Å². The molecule has 0 spiro atoms. The number of amides is 1. The number of thiocarbonyl (C=S) groups is 1. The fourth-order valence-electron chi connectivity index (χ4n) is 1.90. The standard InChI is InChI=1S/C17H18FN3OS/c1-11(2)12-3-5-13(6-4-12)16(22)20-21-17(23)19-15-9-7-14(18)8-10-15/h3-11H,1-2H3,(H,20,22)(H2,19,21,23). The molecule has 0 bridgehead atoms. The molecule has 0 radical (unpaired) electrons. The number of nitrogens with one attached hydrogen (secondary N) is 3. The number of halogens is 1. The van der Waals surface area contributed by atoms with E-state index in [1.807, 2.05) is 12.1 Å². The van der Waals surface area contributed by atoms with E-state index >= 15 is 0 Å². The van der Waals surface area contributed by atoms with Crippen LogP contribution in [0.4, 0.5) is 10.1 Å². The molecule has 4 nitrogen and oxygen atoms in total. The Hall–Kier alpha value is -2.47. The van der Waals surface area contributed by atoms with Gasteiger partial charge >= 0.3 is 0 Å². The third kappa shape index (κ3) is 5.03. The molecule has 0 aromatic heterocycles. The van der Waals surface area contributed by atoms with Crippen molar-refractivity contribution >= 4 is 28.9 Å². The summed E-state index contributed by atoms with van der Waals surface area (Å²) in [5.74, 6) is -0.200. The highest BCUT2D eigenvalue weighted by molar-refractivity contribution is 7.80. The van der Waals surface area contributed by atoms with Gasteiger partial charge in [-0.05, 0) is 60.1 Å². The van der Waals surface area contributed by atoms with Crippen molar-refractivity contribution in [3.8, 4) is 0 Å². The summed E-state index contributed by atoms with van der Waals surface area (Å²) in [5, 5.41) is 3.05. The maximum absolute atomic E-state index is 12.8. The number of hydrogen-bond donors (Lipinski definition) is 3. The first-order chi connectivity index (χ1) is 11.0. The van der Waals surface area contributed by atoms with Crippen molar-refractivity contribution in [1.29, 1.82) is 0 Å². The van der Waals surface area contributed by atoms with Gasteiger partial charge in [-0.3, -0.25) is 15.6 Å². The molecule has 23 heavy (non-hydrogen) atoms.